The van der Waals surface area contributed by atoms with Crippen LogP contribution in [0.5, 0.6) is 0 Å². The lowest BCUT2D eigenvalue weighted by atomic mass is 9.87. The highest BCUT2D eigenvalue weighted by Crippen LogP contribution is 2.38. The molecule has 0 fully saturated rings. The van der Waals surface area contributed by atoms with Gasteiger partial charge in [0.15, 0.2) is 9.84 Å². The lowest BCUT2D eigenvalue weighted by Gasteiger charge is -2.36. The Morgan fingerprint density at radius 1 is 1.35 bits per heavy atom. The predicted molar refractivity (Wildman–Crippen MR) is 73.1 cm³/mol. The highest BCUT2D eigenvalue weighted by molar-refractivity contribution is 9.10. The van der Waals surface area contributed by atoms with E-state index in [1.807, 2.05) is 26.8 Å². The average Bonchev–Trinajstić information content (AvgIpc) is 2.17. The molecule has 0 saturated heterocycles. The normalized spacial score (nSPS) is 22.7. The minimum atomic E-state index is -3.19. The Morgan fingerprint density at radius 3 is 2.59 bits per heavy atom. The fourth-order valence-electron chi connectivity index (χ4n) is 1.90. The molecule has 1 heterocycles. The molecular formula is C12H16BrNO2S. The van der Waals surface area contributed by atoms with Gasteiger partial charge in [0.2, 0.25) is 0 Å². The van der Waals surface area contributed by atoms with Crippen molar-refractivity contribution in [3.05, 3.63) is 22.7 Å². The van der Waals surface area contributed by atoms with Gasteiger partial charge >= 0.3 is 0 Å². The molecule has 0 spiro atoms. The molecule has 0 bridgehead atoms. The molecule has 0 saturated carbocycles. The Hall–Kier alpha value is -0.550. The molecule has 1 aromatic rings. The number of fused-ring (bicyclic) bond motifs is 1. The van der Waals surface area contributed by atoms with E-state index in [2.05, 4.69) is 21.2 Å². The van der Waals surface area contributed by atoms with E-state index in [-0.39, 0.29) is 17.2 Å². The first-order chi connectivity index (χ1) is 7.72. The maximum atomic E-state index is 12.2. The van der Waals surface area contributed by atoms with Crippen molar-refractivity contribution in [3.8, 4) is 0 Å². The molecule has 1 aromatic carbocycles. The van der Waals surface area contributed by atoms with Crippen molar-refractivity contribution in [2.45, 2.75) is 31.7 Å². The van der Waals surface area contributed by atoms with Crippen molar-refractivity contribution in [1.82, 2.24) is 0 Å². The molecule has 5 heteroatoms. The van der Waals surface area contributed by atoms with Gasteiger partial charge < -0.3 is 5.32 Å². The van der Waals surface area contributed by atoms with Crippen LogP contribution in [-0.2, 0) is 9.84 Å². The van der Waals surface area contributed by atoms with Crippen molar-refractivity contribution in [2.24, 2.45) is 5.41 Å². The summed E-state index contributed by atoms with van der Waals surface area (Å²) >= 11 is 3.40. The zero-order chi connectivity index (χ0) is 12.8. The van der Waals surface area contributed by atoms with E-state index in [9.17, 15) is 8.42 Å². The molecule has 0 radical (unpaired) electrons. The van der Waals surface area contributed by atoms with Crippen molar-refractivity contribution >= 4 is 31.5 Å². The number of benzene rings is 1. The van der Waals surface area contributed by atoms with E-state index in [1.54, 1.807) is 12.1 Å². The van der Waals surface area contributed by atoms with Gasteiger partial charge in [-0.15, -0.1) is 0 Å². The number of anilines is 1. The first kappa shape index (κ1) is 12.9. The van der Waals surface area contributed by atoms with Crippen LogP contribution in [0.1, 0.15) is 20.8 Å². The Balaban J connectivity index is 2.57. The standard InChI is InChI=1S/C12H16BrNO2S/c1-12(2,3)10-7-17(15,16)9-6-4-5-8(13)11(9)14-10/h4-6,10,14H,7H2,1-3H3. The quantitative estimate of drug-likeness (QED) is 0.800. The highest BCUT2D eigenvalue weighted by atomic mass is 79.9. The lowest BCUT2D eigenvalue weighted by molar-refractivity contribution is 0.356. The molecule has 3 nitrogen and oxygen atoms in total. The molecule has 2 rings (SSSR count). The van der Waals surface area contributed by atoms with E-state index in [0.717, 1.165) is 4.47 Å². The molecule has 1 aliphatic rings. The summed E-state index contributed by atoms with van der Waals surface area (Å²) in [6, 6.07) is 5.19. The van der Waals surface area contributed by atoms with E-state index in [1.165, 1.54) is 0 Å². The SMILES string of the molecule is CC(C)(C)C1CS(=O)(=O)c2cccc(Br)c2N1. The molecule has 0 aliphatic carbocycles. The van der Waals surface area contributed by atoms with Gasteiger partial charge in [0.25, 0.3) is 0 Å². The number of rotatable bonds is 0. The second-order valence-electron chi connectivity index (χ2n) is 5.46. The molecule has 0 aromatic heterocycles. The predicted octanol–water partition coefficient (Wildman–Crippen LogP) is 3.06. The molecule has 94 valence electrons. The Kier molecular flexibility index (Phi) is 3.02. The largest absolute Gasteiger partial charge is 0.379 e. The van der Waals surface area contributed by atoms with Gasteiger partial charge in [0, 0.05) is 10.5 Å². The van der Waals surface area contributed by atoms with Crippen LogP contribution in [-0.4, -0.2) is 20.2 Å². The Labute approximate surface area is 111 Å². The number of para-hydroxylation sites is 1. The van der Waals surface area contributed by atoms with E-state index in [4.69, 9.17) is 0 Å². The van der Waals surface area contributed by atoms with Gasteiger partial charge in [0.05, 0.1) is 16.3 Å². The topological polar surface area (TPSA) is 46.2 Å². The summed E-state index contributed by atoms with van der Waals surface area (Å²) in [6.45, 7) is 6.13. The minimum Gasteiger partial charge on any atom is -0.379 e. The Bertz CT molecular complexity index is 546. The maximum absolute atomic E-state index is 12.2. The monoisotopic (exact) mass is 317 g/mol. The molecule has 1 atom stereocenters. The van der Waals surface area contributed by atoms with Crippen LogP contribution in [0, 0.1) is 5.41 Å². The van der Waals surface area contributed by atoms with Gasteiger partial charge in [-0.3, -0.25) is 0 Å². The first-order valence-electron chi connectivity index (χ1n) is 5.49. The van der Waals surface area contributed by atoms with Crippen LogP contribution in [0.4, 0.5) is 5.69 Å². The zero-order valence-corrected chi connectivity index (χ0v) is 12.5. The zero-order valence-electron chi connectivity index (χ0n) is 10.1. The highest BCUT2D eigenvalue weighted by Gasteiger charge is 2.36. The third kappa shape index (κ3) is 2.36. The van der Waals surface area contributed by atoms with Crippen LogP contribution >= 0.6 is 15.9 Å². The molecule has 1 aliphatic heterocycles. The van der Waals surface area contributed by atoms with E-state index >= 15 is 0 Å². The average molecular weight is 318 g/mol. The number of hydrogen-bond acceptors (Lipinski definition) is 3. The van der Waals surface area contributed by atoms with Crippen molar-refractivity contribution < 1.29 is 8.42 Å². The number of halogens is 1. The minimum absolute atomic E-state index is 0.0706. The number of hydrogen-bond donors (Lipinski definition) is 1. The smallest absolute Gasteiger partial charge is 0.182 e. The second-order valence-corrected chi connectivity index (χ2v) is 8.31. The van der Waals surface area contributed by atoms with E-state index in [0.29, 0.717) is 10.6 Å². The third-order valence-corrected chi connectivity index (χ3v) is 5.50. The number of nitrogens with one attached hydrogen (secondary N) is 1. The summed E-state index contributed by atoms with van der Waals surface area (Å²) in [4.78, 5) is 0.396. The van der Waals surface area contributed by atoms with Crippen LogP contribution < -0.4 is 5.32 Å². The summed E-state index contributed by atoms with van der Waals surface area (Å²) in [5, 5.41) is 3.33. The van der Waals surface area contributed by atoms with Crippen molar-refractivity contribution in [3.63, 3.8) is 0 Å². The fraction of sp³-hybridized carbons (Fsp3) is 0.500. The van der Waals surface area contributed by atoms with Gasteiger partial charge in [-0.05, 0) is 33.5 Å². The third-order valence-electron chi connectivity index (χ3n) is 3.06. The maximum Gasteiger partial charge on any atom is 0.182 e. The van der Waals surface area contributed by atoms with Crippen LogP contribution in [0.25, 0.3) is 0 Å². The van der Waals surface area contributed by atoms with Gasteiger partial charge in [-0.1, -0.05) is 26.8 Å². The van der Waals surface area contributed by atoms with E-state index < -0.39 is 9.84 Å². The van der Waals surface area contributed by atoms with Gasteiger partial charge in [-0.2, -0.15) is 0 Å². The molecule has 1 N–H and O–H groups in total. The van der Waals surface area contributed by atoms with Gasteiger partial charge in [-0.25, -0.2) is 8.42 Å². The van der Waals surface area contributed by atoms with Crippen LogP contribution in [0.2, 0.25) is 0 Å². The van der Waals surface area contributed by atoms with Crippen LogP contribution in [0.15, 0.2) is 27.6 Å². The molecule has 1 unspecified atom stereocenters. The summed E-state index contributed by atoms with van der Waals surface area (Å²) in [5.74, 6) is 0.153. The summed E-state index contributed by atoms with van der Waals surface area (Å²) in [6.07, 6.45) is 0. The summed E-state index contributed by atoms with van der Waals surface area (Å²) < 4.78 is 25.2. The lowest BCUT2D eigenvalue weighted by Crippen LogP contribution is -2.43. The Morgan fingerprint density at radius 2 is 2.00 bits per heavy atom. The summed E-state index contributed by atoms with van der Waals surface area (Å²) in [5.41, 5.74) is 0.596. The second kappa shape index (κ2) is 3.99. The number of sulfone groups is 1. The fourth-order valence-corrected chi connectivity index (χ4v) is 4.47. The van der Waals surface area contributed by atoms with Crippen molar-refractivity contribution in [1.29, 1.82) is 0 Å². The first-order valence-corrected chi connectivity index (χ1v) is 7.94. The summed E-state index contributed by atoms with van der Waals surface area (Å²) in [7, 11) is -3.19. The van der Waals surface area contributed by atoms with Crippen LogP contribution in [0.3, 0.4) is 0 Å². The molecule has 17 heavy (non-hydrogen) atoms. The van der Waals surface area contributed by atoms with Gasteiger partial charge in [0.1, 0.15) is 0 Å². The molecular weight excluding hydrogens is 302 g/mol. The van der Waals surface area contributed by atoms with Crippen molar-refractivity contribution in [2.75, 3.05) is 11.1 Å². The molecule has 0 amide bonds.